The number of carboxylic acids is 1. The molecule has 0 saturated carbocycles. The molecule has 1 aromatic carbocycles. The summed E-state index contributed by atoms with van der Waals surface area (Å²) in [7, 11) is 0. The Balaban J connectivity index is 1.98. The van der Waals surface area contributed by atoms with E-state index in [0.717, 1.165) is 5.56 Å². The van der Waals surface area contributed by atoms with Gasteiger partial charge in [0.15, 0.2) is 0 Å². The molecule has 1 unspecified atom stereocenters. The van der Waals surface area contributed by atoms with E-state index in [4.69, 9.17) is 9.47 Å². The summed E-state index contributed by atoms with van der Waals surface area (Å²) in [5.74, 6) is -1.01. The minimum atomic E-state index is -1.01. The fourth-order valence-electron chi connectivity index (χ4n) is 2.77. The number of hydrogen-bond acceptors (Lipinski definition) is 4. The Kier molecular flexibility index (Phi) is 5.83. The number of hydrogen-bond donors (Lipinski definition) is 1. The van der Waals surface area contributed by atoms with Gasteiger partial charge in [-0.3, -0.25) is 4.90 Å². The van der Waals surface area contributed by atoms with E-state index < -0.39 is 23.7 Å². The van der Waals surface area contributed by atoms with Crippen molar-refractivity contribution in [3.8, 4) is 0 Å². The van der Waals surface area contributed by atoms with Crippen LogP contribution in [0.3, 0.4) is 0 Å². The SMILES string of the molecule is CC(C)(C)OC(=O)N1C(C(=O)O)CC[C@@H]1COCc1ccccc1. The molecule has 1 amide bonds. The number of carbonyl (C=O) groups excluding carboxylic acids is 1. The van der Waals surface area contributed by atoms with Crippen LogP contribution in [0.4, 0.5) is 4.79 Å². The van der Waals surface area contributed by atoms with Gasteiger partial charge < -0.3 is 14.6 Å². The predicted molar refractivity (Wildman–Crippen MR) is 88.6 cm³/mol. The van der Waals surface area contributed by atoms with Gasteiger partial charge in [-0.1, -0.05) is 30.3 Å². The molecule has 2 atom stereocenters. The number of likely N-dealkylation sites (tertiary alicyclic amines) is 1. The highest BCUT2D eigenvalue weighted by molar-refractivity contribution is 5.81. The lowest BCUT2D eigenvalue weighted by atomic mass is 10.2. The van der Waals surface area contributed by atoms with E-state index in [1.807, 2.05) is 30.3 Å². The fraction of sp³-hybridized carbons (Fsp3) is 0.556. The van der Waals surface area contributed by atoms with Crippen molar-refractivity contribution in [1.82, 2.24) is 4.90 Å². The van der Waals surface area contributed by atoms with E-state index in [2.05, 4.69) is 0 Å². The van der Waals surface area contributed by atoms with Crippen LogP contribution >= 0.6 is 0 Å². The molecule has 1 aromatic rings. The molecule has 1 heterocycles. The van der Waals surface area contributed by atoms with E-state index in [1.54, 1.807) is 20.8 Å². The smallest absolute Gasteiger partial charge is 0.411 e. The molecule has 2 rings (SSSR count). The van der Waals surface area contributed by atoms with Gasteiger partial charge in [-0.05, 0) is 39.2 Å². The first-order chi connectivity index (χ1) is 11.3. The van der Waals surface area contributed by atoms with Crippen LogP contribution in [0.2, 0.25) is 0 Å². The lowest BCUT2D eigenvalue weighted by molar-refractivity contribution is -0.142. The van der Waals surface area contributed by atoms with Crippen molar-refractivity contribution in [2.45, 2.75) is 57.9 Å². The normalized spacial score (nSPS) is 20.9. The largest absolute Gasteiger partial charge is 0.480 e. The molecule has 0 aliphatic carbocycles. The zero-order chi connectivity index (χ0) is 17.7. The summed E-state index contributed by atoms with van der Waals surface area (Å²) >= 11 is 0. The van der Waals surface area contributed by atoms with Crippen LogP contribution < -0.4 is 0 Å². The highest BCUT2D eigenvalue weighted by Crippen LogP contribution is 2.27. The number of ether oxygens (including phenoxy) is 2. The predicted octanol–water partition coefficient (Wildman–Crippen LogP) is 3.06. The highest BCUT2D eigenvalue weighted by atomic mass is 16.6. The summed E-state index contributed by atoms with van der Waals surface area (Å²) in [5.41, 5.74) is 0.368. The number of rotatable bonds is 5. The first-order valence-corrected chi connectivity index (χ1v) is 8.14. The van der Waals surface area contributed by atoms with E-state index >= 15 is 0 Å². The summed E-state index contributed by atoms with van der Waals surface area (Å²) in [5, 5.41) is 9.36. The topological polar surface area (TPSA) is 76.1 Å². The van der Waals surface area contributed by atoms with Crippen molar-refractivity contribution in [2.75, 3.05) is 6.61 Å². The van der Waals surface area contributed by atoms with Crippen molar-refractivity contribution in [3.05, 3.63) is 35.9 Å². The number of nitrogens with zero attached hydrogens (tertiary/aromatic N) is 1. The molecule has 24 heavy (non-hydrogen) atoms. The molecule has 1 aliphatic heterocycles. The molecule has 6 nitrogen and oxygen atoms in total. The Morgan fingerprint density at radius 2 is 1.88 bits per heavy atom. The number of benzene rings is 1. The average molecular weight is 335 g/mol. The Hall–Kier alpha value is -2.08. The Morgan fingerprint density at radius 1 is 1.21 bits per heavy atom. The van der Waals surface area contributed by atoms with E-state index in [-0.39, 0.29) is 12.6 Å². The fourth-order valence-corrected chi connectivity index (χ4v) is 2.77. The van der Waals surface area contributed by atoms with Gasteiger partial charge in [-0.15, -0.1) is 0 Å². The van der Waals surface area contributed by atoms with Crippen molar-refractivity contribution in [3.63, 3.8) is 0 Å². The van der Waals surface area contributed by atoms with Crippen LogP contribution in [0.1, 0.15) is 39.2 Å². The lowest BCUT2D eigenvalue weighted by Crippen LogP contribution is -2.48. The Morgan fingerprint density at radius 3 is 2.46 bits per heavy atom. The highest BCUT2D eigenvalue weighted by Gasteiger charge is 2.43. The zero-order valence-corrected chi connectivity index (χ0v) is 14.4. The Bertz CT molecular complexity index is 567. The first-order valence-electron chi connectivity index (χ1n) is 8.14. The maximum absolute atomic E-state index is 12.4. The molecule has 1 aliphatic rings. The molecule has 0 radical (unpaired) electrons. The van der Waals surface area contributed by atoms with Gasteiger partial charge in [-0.2, -0.15) is 0 Å². The molecule has 1 fully saturated rings. The first kappa shape index (κ1) is 18.3. The second kappa shape index (κ2) is 7.66. The molecular formula is C18H25NO5. The van der Waals surface area contributed by atoms with E-state index in [9.17, 15) is 14.7 Å². The lowest BCUT2D eigenvalue weighted by Gasteiger charge is -2.31. The zero-order valence-electron chi connectivity index (χ0n) is 14.4. The quantitative estimate of drug-likeness (QED) is 0.895. The average Bonchev–Trinajstić information content (AvgIpc) is 2.91. The monoisotopic (exact) mass is 335 g/mol. The summed E-state index contributed by atoms with van der Waals surface area (Å²) in [6.45, 7) is 6.00. The van der Waals surface area contributed by atoms with Crippen LogP contribution in [0, 0.1) is 0 Å². The number of carboxylic acid groups (broad SMARTS) is 1. The van der Waals surface area contributed by atoms with Crippen molar-refractivity contribution < 1.29 is 24.2 Å². The Labute approximate surface area is 142 Å². The van der Waals surface area contributed by atoms with Crippen molar-refractivity contribution >= 4 is 12.1 Å². The molecule has 1 saturated heterocycles. The molecule has 132 valence electrons. The standard InChI is InChI=1S/C18H25NO5/c1-18(2,3)24-17(22)19-14(9-10-15(19)16(20)21)12-23-11-13-7-5-4-6-8-13/h4-8,14-15H,9-12H2,1-3H3,(H,20,21)/t14-,15?/m1/s1. The van der Waals surface area contributed by atoms with Gasteiger partial charge in [0.25, 0.3) is 0 Å². The molecule has 6 heteroatoms. The van der Waals surface area contributed by atoms with Gasteiger partial charge in [0.05, 0.1) is 19.3 Å². The molecular weight excluding hydrogens is 310 g/mol. The van der Waals surface area contributed by atoms with Crippen molar-refractivity contribution in [1.29, 1.82) is 0 Å². The number of carbonyl (C=O) groups is 2. The third-order valence-electron chi connectivity index (χ3n) is 3.81. The van der Waals surface area contributed by atoms with Gasteiger partial charge in [-0.25, -0.2) is 9.59 Å². The van der Waals surface area contributed by atoms with Crippen LogP contribution in [-0.4, -0.2) is 46.4 Å². The van der Waals surface area contributed by atoms with Crippen LogP contribution in [0.25, 0.3) is 0 Å². The maximum atomic E-state index is 12.4. The molecule has 1 N–H and O–H groups in total. The van der Waals surface area contributed by atoms with Crippen LogP contribution in [-0.2, 0) is 20.9 Å². The summed E-state index contributed by atoms with van der Waals surface area (Å²) in [4.78, 5) is 25.2. The summed E-state index contributed by atoms with van der Waals surface area (Å²) in [6.07, 6.45) is 0.402. The van der Waals surface area contributed by atoms with E-state index in [1.165, 1.54) is 4.90 Å². The summed E-state index contributed by atoms with van der Waals surface area (Å²) < 4.78 is 11.1. The number of amides is 1. The van der Waals surface area contributed by atoms with Crippen molar-refractivity contribution in [2.24, 2.45) is 0 Å². The van der Waals surface area contributed by atoms with Gasteiger partial charge in [0, 0.05) is 0 Å². The summed E-state index contributed by atoms with van der Waals surface area (Å²) in [6, 6.07) is 8.57. The van der Waals surface area contributed by atoms with Gasteiger partial charge in [0.1, 0.15) is 11.6 Å². The minimum absolute atomic E-state index is 0.287. The molecule has 0 aromatic heterocycles. The van der Waals surface area contributed by atoms with Crippen LogP contribution in [0.15, 0.2) is 30.3 Å². The number of aliphatic carboxylic acids is 1. The van der Waals surface area contributed by atoms with Gasteiger partial charge in [0.2, 0.25) is 0 Å². The van der Waals surface area contributed by atoms with Crippen LogP contribution in [0.5, 0.6) is 0 Å². The molecule has 0 spiro atoms. The second-order valence-corrected chi connectivity index (χ2v) is 6.97. The molecule has 0 bridgehead atoms. The second-order valence-electron chi connectivity index (χ2n) is 6.97. The van der Waals surface area contributed by atoms with E-state index in [0.29, 0.717) is 19.4 Å². The maximum Gasteiger partial charge on any atom is 0.411 e. The minimum Gasteiger partial charge on any atom is -0.480 e. The third-order valence-corrected chi connectivity index (χ3v) is 3.81. The third kappa shape index (κ3) is 4.96. The van der Waals surface area contributed by atoms with Gasteiger partial charge >= 0.3 is 12.1 Å².